The van der Waals surface area contributed by atoms with E-state index in [9.17, 15) is 4.79 Å². The third kappa shape index (κ3) is 2.89. The lowest BCUT2D eigenvalue weighted by molar-refractivity contribution is -0.113. The van der Waals surface area contributed by atoms with Crippen LogP contribution in [0.25, 0.3) is 0 Å². The first kappa shape index (κ1) is 14.3. The number of carbonyl (C=O) groups excluding carboxylic acids is 1. The summed E-state index contributed by atoms with van der Waals surface area (Å²) >= 11 is 3.38. The molecule has 102 valence electrons. The van der Waals surface area contributed by atoms with Crippen molar-refractivity contribution in [2.24, 2.45) is 4.99 Å². The Balaban J connectivity index is 2.48. The number of nitrogens with zero attached hydrogens (tertiary/aromatic N) is 2. The van der Waals surface area contributed by atoms with Crippen LogP contribution in [0.1, 0.15) is 25.5 Å². The lowest BCUT2D eigenvalue weighted by Crippen LogP contribution is -2.38. The first-order valence-corrected chi connectivity index (χ1v) is 6.79. The Labute approximate surface area is 125 Å². The van der Waals surface area contributed by atoms with Crippen LogP contribution in [0.2, 0.25) is 0 Å². The summed E-state index contributed by atoms with van der Waals surface area (Å²) in [4.78, 5) is 16.3. The fourth-order valence-corrected chi connectivity index (χ4v) is 2.40. The molecule has 0 saturated carbocycles. The zero-order chi connectivity index (χ0) is 14.7. The number of Topliss-reactive ketones (excluding diaryl/α,β-unsaturated/α-hetero) is 1. The molecular formula is C14H13BrN4O. The first-order chi connectivity index (χ1) is 9.52. The van der Waals surface area contributed by atoms with Gasteiger partial charge < -0.3 is 5.32 Å². The number of rotatable bonds is 2. The molecule has 0 radical (unpaired) electrons. The molecule has 0 bridgehead atoms. The van der Waals surface area contributed by atoms with Crippen molar-refractivity contribution in [3.8, 4) is 6.19 Å². The second kappa shape index (κ2) is 5.88. The number of benzene rings is 1. The van der Waals surface area contributed by atoms with E-state index in [-0.39, 0.29) is 5.78 Å². The monoisotopic (exact) mass is 332 g/mol. The lowest BCUT2D eigenvalue weighted by atomic mass is 9.94. The van der Waals surface area contributed by atoms with E-state index in [0.717, 1.165) is 10.0 Å². The molecule has 1 aliphatic rings. The summed E-state index contributed by atoms with van der Waals surface area (Å²) in [5.74, 6) is 0.311. The number of nitrogens with one attached hydrogen (secondary N) is 2. The van der Waals surface area contributed by atoms with Gasteiger partial charge >= 0.3 is 0 Å². The van der Waals surface area contributed by atoms with Crippen molar-refractivity contribution < 1.29 is 4.79 Å². The fraction of sp³-hybridized carbons (Fsp3) is 0.214. The van der Waals surface area contributed by atoms with Crippen molar-refractivity contribution in [3.05, 3.63) is 45.6 Å². The first-order valence-electron chi connectivity index (χ1n) is 6.00. The van der Waals surface area contributed by atoms with Gasteiger partial charge in [0.15, 0.2) is 12.0 Å². The second-order valence-electron chi connectivity index (χ2n) is 4.39. The Kier molecular flexibility index (Phi) is 4.20. The van der Waals surface area contributed by atoms with Crippen LogP contribution in [0.5, 0.6) is 0 Å². The molecule has 20 heavy (non-hydrogen) atoms. The van der Waals surface area contributed by atoms with E-state index in [1.165, 1.54) is 6.92 Å². The summed E-state index contributed by atoms with van der Waals surface area (Å²) in [6.07, 6.45) is 1.82. The summed E-state index contributed by atoms with van der Waals surface area (Å²) in [5.41, 5.74) is 2.21. The molecule has 6 heteroatoms. The summed E-state index contributed by atoms with van der Waals surface area (Å²) in [6, 6.07) is 7.21. The maximum Gasteiger partial charge on any atom is 0.209 e. The summed E-state index contributed by atoms with van der Waals surface area (Å²) < 4.78 is 0.958. The van der Waals surface area contributed by atoms with Crippen LogP contribution in [0, 0.1) is 11.5 Å². The molecule has 5 nitrogen and oxygen atoms in total. The molecule has 1 heterocycles. The maximum atomic E-state index is 11.9. The molecule has 0 spiro atoms. The van der Waals surface area contributed by atoms with Crippen molar-refractivity contribution in [3.63, 3.8) is 0 Å². The number of ketones is 1. The van der Waals surface area contributed by atoms with Gasteiger partial charge in [-0.1, -0.05) is 28.1 Å². The highest BCUT2D eigenvalue weighted by Gasteiger charge is 2.26. The predicted octanol–water partition coefficient (Wildman–Crippen LogP) is 2.38. The molecule has 0 aliphatic carbocycles. The molecule has 0 amide bonds. The van der Waals surface area contributed by atoms with E-state index in [1.54, 1.807) is 6.92 Å². The van der Waals surface area contributed by atoms with Crippen LogP contribution in [-0.2, 0) is 4.79 Å². The molecule has 1 aromatic rings. The minimum Gasteiger partial charge on any atom is -0.329 e. The number of aliphatic imine (C=N–C) groups is 1. The van der Waals surface area contributed by atoms with E-state index in [2.05, 4.69) is 31.6 Å². The Morgan fingerprint density at radius 2 is 2.10 bits per heavy atom. The quantitative estimate of drug-likeness (QED) is 0.643. The number of hydrogen-bond acceptors (Lipinski definition) is 5. The largest absolute Gasteiger partial charge is 0.329 e. The lowest BCUT2D eigenvalue weighted by Gasteiger charge is -2.25. The van der Waals surface area contributed by atoms with E-state index in [1.807, 2.05) is 30.5 Å². The van der Waals surface area contributed by atoms with Crippen molar-refractivity contribution in [1.82, 2.24) is 10.6 Å². The van der Waals surface area contributed by atoms with Gasteiger partial charge in [-0.05, 0) is 31.5 Å². The van der Waals surface area contributed by atoms with Gasteiger partial charge in [-0.15, -0.1) is 0 Å². The fourth-order valence-electron chi connectivity index (χ4n) is 2.14. The second-order valence-corrected chi connectivity index (χ2v) is 5.30. The molecular weight excluding hydrogens is 320 g/mol. The molecule has 2 rings (SSSR count). The highest BCUT2D eigenvalue weighted by molar-refractivity contribution is 9.10. The minimum absolute atomic E-state index is 0.0392. The molecule has 0 unspecified atom stereocenters. The third-order valence-corrected chi connectivity index (χ3v) is 3.51. The van der Waals surface area contributed by atoms with Crippen molar-refractivity contribution >= 4 is 27.7 Å². The van der Waals surface area contributed by atoms with Crippen LogP contribution in [0.15, 0.2) is 45.0 Å². The molecule has 0 aromatic heterocycles. The van der Waals surface area contributed by atoms with Gasteiger partial charge in [0.2, 0.25) is 5.96 Å². The van der Waals surface area contributed by atoms with Crippen LogP contribution in [-0.4, -0.2) is 11.7 Å². The Morgan fingerprint density at radius 3 is 2.65 bits per heavy atom. The highest BCUT2D eigenvalue weighted by Crippen LogP contribution is 2.31. The topological polar surface area (TPSA) is 77.3 Å². The minimum atomic E-state index is -0.405. The van der Waals surface area contributed by atoms with Crippen molar-refractivity contribution in [2.75, 3.05) is 0 Å². The third-order valence-electron chi connectivity index (χ3n) is 2.98. The van der Waals surface area contributed by atoms with E-state index < -0.39 is 6.04 Å². The van der Waals surface area contributed by atoms with Crippen LogP contribution < -0.4 is 10.6 Å². The van der Waals surface area contributed by atoms with Gasteiger partial charge in [-0.2, -0.15) is 5.26 Å². The van der Waals surface area contributed by atoms with Crippen molar-refractivity contribution in [2.45, 2.75) is 19.9 Å². The predicted molar refractivity (Wildman–Crippen MR) is 79.6 cm³/mol. The SMILES string of the molecule is CC(=O)C1=C(C)NC(NC#N)=N[C@H]1c1ccc(Br)cc1. The van der Waals surface area contributed by atoms with E-state index in [0.29, 0.717) is 17.2 Å². The van der Waals surface area contributed by atoms with Gasteiger partial charge in [0.25, 0.3) is 0 Å². The standard InChI is InChI=1S/C14H13BrN4O/c1-8-12(9(2)20)13(19-14(18-8)17-7-16)10-3-5-11(15)6-4-10/h3-6,13H,1-2H3,(H2,17,18,19)/t13-/m0/s1. The van der Waals surface area contributed by atoms with Crippen molar-refractivity contribution in [1.29, 1.82) is 5.26 Å². The molecule has 2 N–H and O–H groups in total. The normalized spacial score (nSPS) is 17.9. The average Bonchev–Trinajstić information content (AvgIpc) is 2.38. The molecule has 1 aliphatic heterocycles. The number of nitriles is 1. The van der Waals surface area contributed by atoms with E-state index >= 15 is 0 Å². The Hall–Kier alpha value is -2.13. The number of hydrogen-bond donors (Lipinski definition) is 2. The number of allylic oxidation sites excluding steroid dienone is 1. The average molecular weight is 333 g/mol. The Morgan fingerprint density at radius 1 is 1.45 bits per heavy atom. The molecule has 0 fully saturated rings. The van der Waals surface area contributed by atoms with Crippen LogP contribution in [0.3, 0.4) is 0 Å². The number of guanidine groups is 1. The van der Waals surface area contributed by atoms with E-state index in [4.69, 9.17) is 5.26 Å². The number of halogens is 1. The molecule has 0 saturated heterocycles. The zero-order valence-electron chi connectivity index (χ0n) is 11.1. The highest BCUT2D eigenvalue weighted by atomic mass is 79.9. The number of carbonyl (C=O) groups is 1. The Bertz CT molecular complexity index is 640. The van der Waals surface area contributed by atoms with Gasteiger partial charge in [0.1, 0.15) is 6.04 Å². The zero-order valence-corrected chi connectivity index (χ0v) is 12.7. The van der Waals surface area contributed by atoms with Crippen LogP contribution in [0.4, 0.5) is 0 Å². The molecule has 1 atom stereocenters. The summed E-state index contributed by atoms with van der Waals surface area (Å²) in [6.45, 7) is 3.32. The van der Waals surface area contributed by atoms with Gasteiger partial charge in [-0.3, -0.25) is 10.1 Å². The van der Waals surface area contributed by atoms with Gasteiger partial charge in [-0.25, -0.2) is 4.99 Å². The van der Waals surface area contributed by atoms with Crippen LogP contribution >= 0.6 is 15.9 Å². The molecule has 1 aromatic carbocycles. The maximum absolute atomic E-state index is 11.9. The van der Waals surface area contributed by atoms with Gasteiger partial charge in [0, 0.05) is 15.7 Å². The smallest absolute Gasteiger partial charge is 0.209 e. The summed E-state index contributed by atoms with van der Waals surface area (Å²) in [5, 5.41) is 14.1. The summed E-state index contributed by atoms with van der Waals surface area (Å²) in [7, 11) is 0. The van der Waals surface area contributed by atoms with Gasteiger partial charge in [0.05, 0.1) is 0 Å².